The zero-order chi connectivity index (χ0) is 21.7. The van der Waals surface area contributed by atoms with Gasteiger partial charge in [0, 0.05) is 12.0 Å². The molecule has 0 aliphatic heterocycles. The van der Waals surface area contributed by atoms with Crippen LogP contribution in [-0.2, 0) is 4.79 Å². The number of allylic oxidation sites excluding steroid dienone is 1. The molecule has 0 aromatic heterocycles. The van der Waals surface area contributed by atoms with Gasteiger partial charge in [-0.1, -0.05) is 33.6 Å². The minimum atomic E-state index is 0.289. The number of hydrogen-bond donors (Lipinski definition) is 0. The minimum absolute atomic E-state index is 0.289. The largest absolute Gasteiger partial charge is 0.295 e. The van der Waals surface area contributed by atoms with Gasteiger partial charge in [0.25, 0.3) is 0 Å². The second-order valence-corrected chi connectivity index (χ2v) is 14.6. The van der Waals surface area contributed by atoms with Crippen LogP contribution in [0.4, 0.5) is 0 Å². The zero-order valence-corrected chi connectivity index (χ0v) is 22.8. The zero-order valence-electron chi connectivity index (χ0n) is 19.6. The Hall–Kier alpha value is 0.370. The first-order valence-electron chi connectivity index (χ1n) is 12.7. The van der Waals surface area contributed by atoms with Crippen molar-refractivity contribution in [2.75, 3.05) is 0 Å². The lowest BCUT2D eigenvalue weighted by Crippen LogP contribution is -2.53. The normalized spacial score (nSPS) is 43.9. The van der Waals surface area contributed by atoms with E-state index in [0.29, 0.717) is 23.2 Å². The van der Waals surface area contributed by atoms with Crippen molar-refractivity contribution in [3.05, 3.63) is 8.96 Å². The Balaban J connectivity index is 1.45. The number of carbonyl (C=O) groups excluding carboxylic acids is 1. The lowest BCUT2D eigenvalue weighted by atomic mass is 9.44. The van der Waals surface area contributed by atoms with E-state index in [-0.39, 0.29) is 5.78 Å². The van der Waals surface area contributed by atoms with E-state index in [4.69, 9.17) is 0 Å². The predicted molar refractivity (Wildman–Crippen MR) is 134 cm³/mol. The molecule has 0 radical (unpaired) electrons. The fourth-order valence-corrected chi connectivity index (χ4v) is 9.57. The van der Waals surface area contributed by atoms with Crippen molar-refractivity contribution in [1.29, 1.82) is 0 Å². The van der Waals surface area contributed by atoms with E-state index in [9.17, 15) is 4.79 Å². The fraction of sp³-hybridized carbons (Fsp3) is 0.889. The quantitative estimate of drug-likeness (QED) is 0.317. The second-order valence-electron chi connectivity index (χ2n) is 12.0. The molecule has 4 saturated carbocycles. The molecule has 8 atom stereocenters. The summed E-state index contributed by atoms with van der Waals surface area (Å²) in [5.41, 5.74) is 1.99. The van der Waals surface area contributed by atoms with Crippen LogP contribution in [0, 0.1) is 46.3 Å². The smallest absolute Gasteiger partial charge is 0.160 e. The first-order valence-corrected chi connectivity index (χ1v) is 14.3. The summed E-state index contributed by atoms with van der Waals surface area (Å²) in [7, 11) is 0. The highest BCUT2D eigenvalue weighted by Crippen LogP contribution is 2.68. The number of ketones is 1. The van der Waals surface area contributed by atoms with Gasteiger partial charge in [0.2, 0.25) is 0 Å². The summed E-state index contributed by atoms with van der Waals surface area (Å²) in [6.07, 6.45) is 16.5. The average Bonchev–Trinajstić information content (AvgIpc) is 3.07. The van der Waals surface area contributed by atoms with Crippen molar-refractivity contribution < 1.29 is 4.79 Å². The van der Waals surface area contributed by atoms with Gasteiger partial charge in [0.15, 0.2) is 5.78 Å². The molecule has 0 saturated heterocycles. The van der Waals surface area contributed by atoms with E-state index in [2.05, 4.69) is 52.6 Å². The highest BCUT2D eigenvalue weighted by atomic mass is 79.9. The van der Waals surface area contributed by atoms with Crippen LogP contribution in [-0.4, -0.2) is 5.78 Å². The van der Waals surface area contributed by atoms with E-state index in [1.807, 2.05) is 6.92 Å². The van der Waals surface area contributed by atoms with Crippen LogP contribution in [0.1, 0.15) is 105 Å². The first kappa shape index (κ1) is 23.5. The van der Waals surface area contributed by atoms with Gasteiger partial charge in [-0.05, 0) is 143 Å². The molecule has 170 valence electrons. The SMILES string of the molecule is CC(C(=O)CC[C@@H](C)[C@H]1CC[C@H]2[C@@H]3CCC4CCCC[C@]4(C)[C@H]3CC[C@]12C)=C(Br)Br. The summed E-state index contributed by atoms with van der Waals surface area (Å²) in [5.74, 6) is 5.69. The van der Waals surface area contributed by atoms with Gasteiger partial charge in [0.1, 0.15) is 0 Å². The van der Waals surface area contributed by atoms with Crippen LogP contribution in [0.25, 0.3) is 0 Å². The van der Waals surface area contributed by atoms with Crippen LogP contribution >= 0.6 is 31.9 Å². The maximum Gasteiger partial charge on any atom is 0.160 e. The lowest BCUT2D eigenvalue weighted by molar-refractivity contribution is -0.118. The summed E-state index contributed by atoms with van der Waals surface area (Å²) in [6.45, 7) is 9.70. The first-order chi connectivity index (χ1) is 14.2. The summed E-state index contributed by atoms with van der Waals surface area (Å²) in [6, 6.07) is 0. The predicted octanol–water partition coefficient (Wildman–Crippen LogP) is 9.04. The molecule has 4 fully saturated rings. The van der Waals surface area contributed by atoms with E-state index in [1.54, 1.807) is 0 Å². The van der Waals surface area contributed by atoms with Crippen molar-refractivity contribution >= 4 is 37.6 Å². The summed E-state index contributed by atoms with van der Waals surface area (Å²) in [5, 5.41) is 0. The Morgan fingerprint density at radius 3 is 2.40 bits per heavy atom. The van der Waals surface area contributed by atoms with Gasteiger partial charge in [-0.3, -0.25) is 4.79 Å². The molecule has 1 unspecified atom stereocenters. The highest BCUT2D eigenvalue weighted by Gasteiger charge is 2.60. The molecule has 4 aliphatic rings. The summed E-state index contributed by atoms with van der Waals surface area (Å²) in [4.78, 5) is 12.5. The van der Waals surface area contributed by atoms with Gasteiger partial charge in [-0.25, -0.2) is 0 Å². The van der Waals surface area contributed by atoms with Crippen molar-refractivity contribution in [1.82, 2.24) is 0 Å². The third kappa shape index (κ3) is 3.95. The van der Waals surface area contributed by atoms with Crippen molar-refractivity contribution in [3.8, 4) is 0 Å². The Morgan fingerprint density at radius 2 is 1.67 bits per heavy atom. The van der Waals surface area contributed by atoms with Crippen LogP contribution < -0.4 is 0 Å². The monoisotopic (exact) mass is 540 g/mol. The van der Waals surface area contributed by atoms with E-state index < -0.39 is 0 Å². The molecule has 4 aliphatic carbocycles. The van der Waals surface area contributed by atoms with Crippen LogP contribution in [0.2, 0.25) is 0 Å². The Bertz CT molecular complexity index is 695. The Kier molecular flexibility index (Phi) is 7.02. The Morgan fingerprint density at radius 1 is 0.933 bits per heavy atom. The minimum Gasteiger partial charge on any atom is -0.295 e. The number of halogens is 2. The number of carbonyl (C=O) groups is 1. The lowest BCUT2D eigenvalue weighted by Gasteiger charge is -2.61. The number of Topliss-reactive ketones (excluding diaryl/α,β-unsaturated/α-hetero) is 1. The molecule has 0 N–H and O–H groups in total. The van der Waals surface area contributed by atoms with Crippen LogP contribution in [0.3, 0.4) is 0 Å². The summed E-state index contributed by atoms with van der Waals surface area (Å²) < 4.78 is 0.811. The summed E-state index contributed by atoms with van der Waals surface area (Å²) >= 11 is 6.81. The van der Waals surface area contributed by atoms with E-state index in [1.165, 1.54) is 64.2 Å². The number of fused-ring (bicyclic) bond motifs is 5. The van der Waals surface area contributed by atoms with Crippen molar-refractivity contribution in [3.63, 3.8) is 0 Å². The van der Waals surface area contributed by atoms with Gasteiger partial charge in [-0.2, -0.15) is 0 Å². The standard InChI is InChI=1S/C27H42Br2O/c1-17(8-13-24(30)18(2)25(28)29)21-11-12-22-20-10-9-19-7-5-6-15-26(19,3)23(20)14-16-27(21,22)4/h17,19-23H,5-16H2,1-4H3/t17-,19?,20+,21-,22+,23+,26+,27-/m1/s1. The van der Waals surface area contributed by atoms with Gasteiger partial charge < -0.3 is 0 Å². The maximum atomic E-state index is 12.5. The molecule has 0 aromatic rings. The molecule has 0 amide bonds. The molecule has 30 heavy (non-hydrogen) atoms. The van der Waals surface area contributed by atoms with Gasteiger partial charge in [0.05, 0.1) is 3.39 Å². The average molecular weight is 542 g/mol. The molecule has 1 nitrogen and oxygen atoms in total. The van der Waals surface area contributed by atoms with E-state index >= 15 is 0 Å². The molecular formula is C27H42Br2O. The van der Waals surface area contributed by atoms with Crippen molar-refractivity contribution in [2.24, 2.45) is 46.3 Å². The molecule has 0 aromatic carbocycles. The molecule has 0 spiro atoms. The number of rotatable bonds is 5. The van der Waals surface area contributed by atoms with Crippen LogP contribution in [0.15, 0.2) is 8.96 Å². The third-order valence-corrected chi connectivity index (χ3v) is 12.1. The molecule has 0 bridgehead atoms. The van der Waals surface area contributed by atoms with Gasteiger partial charge >= 0.3 is 0 Å². The van der Waals surface area contributed by atoms with Crippen LogP contribution in [0.5, 0.6) is 0 Å². The number of hydrogen-bond acceptors (Lipinski definition) is 1. The topological polar surface area (TPSA) is 17.1 Å². The molecule has 3 heteroatoms. The molecular weight excluding hydrogens is 500 g/mol. The second kappa shape index (κ2) is 8.96. The molecule has 4 rings (SSSR count). The van der Waals surface area contributed by atoms with E-state index in [0.717, 1.165) is 45.0 Å². The Labute approximate surface area is 201 Å². The maximum absolute atomic E-state index is 12.5. The van der Waals surface area contributed by atoms with Crippen molar-refractivity contribution in [2.45, 2.75) is 105 Å². The molecule has 0 heterocycles. The third-order valence-electron chi connectivity index (χ3n) is 10.9. The fourth-order valence-electron chi connectivity index (χ4n) is 9.12. The highest BCUT2D eigenvalue weighted by molar-refractivity contribution is 9.28. The van der Waals surface area contributed by atoms with Gasteiger partial charge in [-0.15, -0.1) is 0 Å².